The largest absolute Gasteiger partial charge is 0.481 e. The van der Waals surface area contributed by atoms with Crippen LogP contribution in [0.3, 0.4) is 0 Å². The molecule has 1 saturated heterocycles. The lowest BCUT2D eigenvalue weighted by molar-refractivity contribution is -0.141. The number of carbonyl (C=O) groups excluding carboxylic acids is 1. The first-order valence-electron chi connectivity index (χ1n) is 5.08. The normalized spacial score (nSPS) is 25.6. The maximum atomic E-state index is 11.6. The fourth-order valence-electron chi connectivity index (χ4n) is 1.92. The third kappa shape index (κ3) is 1.93. The number of hydrogen-bond acceptors (Lipinski definition) is 2. The number of rotatable bonds is 2. The van der Waals surface area contributed by atoms with Crippen LogP contribution in [0.4, 0.5) is 0 Å². The van der Waals surface area contributed by atoms with Gasteiger partial charge in [0.05, 0.1) is 5.92 Å². The van der Waals surface area contributed by atoms with E-state index in [9.17, 15) is 9.59 Å². The number of aliphatic carboxylic acids is 1. The lowest BCUT2D eigenvalue weighted by Crippen LogP contribution is -2.25. The summed E-state index contributed by atoms with van der Waals surface area (Å²) in [6, 6.07) is 0. The van der Waals surface area contributed by atoms with Crippen LogP contribution in [0.2, 0.25) is 0 Å². The third-order valence-corrected chi connectivity index (χ3v) is 2.76. The first kappa shape index (κ1) is 9.96. The Kier molecular flexibility index (Phi) is 2.58. The molecule has 0 saturated carbocycles. The molecule has 1 unspecified atom stereocenters. The van der Waals surface area contributed by atoms with Gasteiger partial charge in [0.1, 0.15) is 0 Å². The van der Waals surface area contributed by atoms with Crippen LogP contribution in [0.15, 0.2) is 23.9 Å². The van der Waals surface area contributed by atoms with Crippen LogP contribution in [0.5, 0.6) is 0 Å². The molecule has 1 amide bonds. The Bertz CT molecular complexity index is 357. The summed E-state index contributed by atoms with van der Waals surface area (Å²) in [4.78, 5) is 23.9. The minimum atomic E-state index is -0.883. The molecule has 0 radical (unpaired) electrons. The Morgan fingerprint density at radius 2 is 2.27 bits per heavy atom. The molecule has 2 aliphatic rings. The van der Waals surface area contributed by atoms with E-state index in [0.717, 1.165) is 18.5 Å². The lowest BCUT2D eigenvalue weighted by Gasteiger charge is -2.19. The zero-order valence-electron chi connectivity index (χ0n) is 8.35. The second-order valence-electron chi connectivity index (χ2n) is 3.85. The molecule has 0 aromatic carbocycles. The fourth-order valence-corrected chi connectivity index (χ4v) is 1.92. The van der Waals surface area contributed by atoms with Gasteiger partial charge in [-0.3, -0.25) is 9.59 Å². The number of carboxylic acid groups (broad SMARTS) is 1. The van der Waals surface area contributed by atoms with Crippen molar-refractivity contribution >= 4 is 11.9 Å². The summed E-state index contributed by atoms with van der Waals surface area (Å²) in [5.41, 5.74) is 0.856. The molecule has 0 spiro atoms. The fraction of sp³-hybridized carbons (Fsp3) is 0.455. The van der Waals surface area contributed by atoms with Crippen LogP contribution in [0.25, 0.3) is 0 Å². The molecule has 1 atom stereocenters. The van der Waals surface area contributed by atoms with Crippen molar-refractivity contribution in [1.29, 1.82) is 0 Å². The second kappa shape index (κ2) is 3.88. The van der Waals surface area contributed by atoms with E-state index in [-0.39, 0.29) is 12.3 Å². The Labute approximate surface area is 87.9 Å². The third-order valence-electron chi connectivity index (χ3n) is 2.76. The zero-order valence-corrected chi connectivity index (χ0v) is 8.35. The van der Waals surface area contributed by atoms with Crippen molar-refractivity contribution in [1.82, 2.24) is 4.90 Å². The minimum absolute atomic E-state index is 0.0831. The summed E-state index contributed by atoms with van der Waals surface area (Å²) in [7, 11) is 0. The quantitative estimate of drug-likeness (QED) is 0.739. The summed E-state index contributed by atoms with van der Waals surface area (Å²) >= 11 is 0. The predicted octanol–water partition coefficient (Wildman–Crippen LogP) is 1.15. The van der Waals surface area contributed by atoms with E-state index in [0.29, 0.717) is 6.54 Å². The van der Waals surface area contributed by atoms with Gasteiger partial charge in [-0.05, 0) is 18.9 Å². The highest BCUT2D eigenvalue weighted by molar-refractivity contribution is 5.87. The van der Waals surface area contributed by atoms with Gasteiger partial charge in [-0.15, -0.1) is 0 Å². The number of carboxylic acids is 1. The van der Waals surface area contributed by atoms with Crippen molar-refractivity contribution < 1.29 is 14.7 Å². The van der Waals surface area contributed by atoms with E-state index >= 15 is 0 Å². The van der Waals surface area contributed by atoms with E-state index < -0.39 is 11.9 Å². The molecule has 0 bridgehead atoms. The van der Waals surface area contributed by atoms with E-state index in [1.54, 1.807) is 4.90 Å². The lowest BCUT2D eigenvalue weighted by atomic mass is 10.1. The van der Waals surface area contributed by atoms with Gasteiger partial charge >= 0.3 is 5.97 Å². The summed E-state index contributed by atoms with van der Waals surface area (Å²) in [5.74, 6) is -1.51. The van der Waals surface area contributed by atoms with Gasteiger partial charge in [0.15, 0.2) is 0 Å². The molecule has 4 nitrogen and oxygen atoms in total. The standard InChI is InChI=1S/C11H13NO3/c13-10-6-8(11(14)15)7-12(10)9-4-2-1-3-5-9/h2,4-5,8H,1,3,6-7H2,(H,14,15). The number of allylic oxidation sites excluding steroid dienone is 3. The number of likely N-dealkylation sites (tertiary alicyclic amines) is 1. The molecular formula is C11H13NO3. The second-order valence-corrected chi connectivity index (χ2v) is 3.85. The molecule has 1 N–H and O–H groups in total. The SMILES string of the molecule is O=C(O)C1CC(=O)N(C2=CCCC=C2)C1. The van der Waals surface area contributed by atoms with Gasteiger partial charge in [0, 0.05) is 18.7 Å². The van der Waals surface area contributed by atoms with Crippen molar-refractivity contribution in [2.45, 2.75) is 19.3 Å². The molecule has 2 rings (SSSR count). The molecule has 80 valence electrons. The van der Waals surface area contributed by atoms with Crippen LogP contribution < -0.4 is 0 Å². The highest BCUT2D eigenvalue weighted by atomic mass is 16.4. The number of hydrogen-bond donors (Lipinski definition) is 1. The molecule has 15 heavy (non-hydrogen) atoms. The number of amides is 1. The monoisotopic (exact) mass is 207 g/mol. The van der Waals surface area contributed by atoms with Crippen LogP contribution >= 0.6 is 0 Å². The molecule has 0 aromatic rings. The van der Waals surface area contributed by atoms with Crippen molar-refractivity contribution in [2.75, 3.05) is 6.54 Å². The maximum Gasteiger partial charge on any atom is 0.308 e. The van der Waals surface area contributed by atoms with Crippen molar-refractivity contribution in [3.8, 4) is 0 Å². The van der Waals surface area contributed by atoms with Crippen LogP contribution in [-0.2, 0) is 9.59 Å². The molecule has 1 heterocycles. The van der Waals surface area contributed by atoms with Gasteiger partial charge in [-0.25, -0.2) is 0 Å². The van der Waals surface area contributed by atoms with E-state index in [1.165, 1.54) is 0 Å². The zero-order chi connectivity index (χ0) is 10.8. The highest BCUT2D eigenvalue weighted by Gasteiger charge is 2.35. The Morgan fingerprint density at radius 3 is 2.80 bits per heavy atom. The average Bonchev–Trinajstić information content (AvgIpc) is 2.62. The molecule has 1 fully saturated rings. The van der Waals surface area contributed by atoms with Crippen LogP contribution in [0, 0.1) is 5.92 Å². The van der Waals surface area contributed by atoms with Gasteiger partial charge in [-0.2, -0.15) is 0 Å². The van der Waals surface area contributed by atoms with E-state index in [4.69, 9.17) is 5.11 Å². The van der Waals surface area contributed by atoms with Crippen molar-refractivity contribution in [2.24, 2.45) is 5.92 Å². The van der Waals surface area contributed by atoms with E-state index in [1.807, 2.05) is 18.2 Å². The average molecular weight is 207 g/mol. The molecule has 0 aromatic heterocycles. The summed E-state index contributed by atoms with van der Waals surface area (Å²) in [5, 5.41) is 8.83. The first-order chi connectivity index (χ1) is 7.18. The summed E-state index contributed by atoms with van der Waals surface area (Å²) in [6.45, 7) is 0.310. The van der Waals surface area contributed by atoms with Crippen LogP contribution in [-0.4, -0.2) is 28.4 Å². The number of carbonyl (C=O) groups is 2. The van der Waals surface area contributed by atoms with E-state index in [2.05, 4.69) is 0 Å². The Hall–Kier alpha value is -1.58. The van der Waals surface area contributed by atoms with Gasteiger partial charge in [0.25, 0.3) is 0 Å². The molecular weight excluding hydrogens is 194 g/mol. The first-order valence-corrected chi connectivity index (χ1v) is 5.08. The Morgan fingerprint density at radius 1 is 1.47 bits per heavy atom. The van der Waals surface area contributed by atoms with Crippen LogP contribution in [0.1, 0.15) is 19.3 Å². The van der Waals surface area contributed by atoms with Gasteiger partial charge in [-0.1, -0.05) is 12.2 Å². The van der Waals surface area contributed by atoms with Gasteiger partial charge in [0.2, 0.25) is 5.91 Å². The topological polar surface area (TPSA) is 57.6 Å². The molecule has 1 aliphatic heterocycles. The molecule has 1 aliphatic carbocycles. The van der Waals surface area contributed by atoms with Crippen molar-refractivity contribution in [3.05, 3.63) is 23.9 Å². The van der Waals surface area contributed by atoms with Crippen molar-refractivity contribution in [3.63, 3.8) is 0 Å². The summed E-state index contributed by atoms with van der Waals surface area (Å²) < 4.78 is 0. The maximum absolute atomic E-state index is 11.6. The molecule has 4 heteroatoms. The highest BCUT2D eigenvalue weighted by Crippen LogP contribution is 2.24. The minimum Gasteiger partial charge on any atom is -0.481 e. The number of nitrogens with zero attached hydrogens (tertiary/aromatic N) is 1. The summed E-state index contributed by atoms with van der Waals surface area (Å²) in [6.07, 6.45) is 7.94. The van der Waals surface area contributed by atoms with Gasteiger partial charge < -0.3 is 10.0 Å². The Balaban J connectivity index is 2.11. The smallest absolute Gasteiger partial charge is 0.308 e. The predicted molar refractivity (Wildman–Crippen MR) is 53.9 cm³/mol.